The summed E-state index contributed by atoms with van der Waals surface area (Å²) >= 11 is 0. The first-order chi connectivity index (χ1) is 8.24. The van der Waals surface area contributed by atoms with E-state index in [2.05, 4.69) is 30.5 Å². The molecule has 0 spiro atoms. The summed E-state index contributed by atoms with van der Waals surface area (Å²) in [6.45, 7) is 10.6. The molecule has 1 saturated carbocycles. The summed E-state index contributed by atoms with van der Waals surface area (Å²) in [6.07, 6.45) is 7.27. The molecule has 2 aliphatic carbocycles. The monoisotopic (exact) mass is 230 g/mol. The number of aliphatic imine (C=N–C) groups is 1. The minimum atomic E-state index is 0.600. The van der Waals surface area contributed by atoms with Gasteiger partial charge in [0.2, 0.25) is 0 Å². The zero-order valence-corrected chi connectivity index (χ0v) is 10.8. The van der Waals surface area contributed by atoms with E-state index in [4.69, 9.17) is 0 Å². The Kier molecular flexibility index (Phi) is 3.82. The van der Waals surface area contributed by atoms with Crippen molar-refractivity contribution < 1.29 is 0 Å². The molecule has 0 unspecified atom stereocenters. The molecule has 17 heavy (non-hydrogen) atoms. The Morgan fingerprint density at radius 1 is 1.24 bits per heavy atom. The van der Waals surface area contributed by atoms with E-state index in [1.165, 1.54) is 53.7 Å². The van der Waals surface area contributed by atoms with Crippen LogP contribution >= 0.6 is 0 Å². The molecule has 1 N–H and O–H groups in total. The summed E-state index contributed by atoms with van der Waals surface area (Å²) in [7, 11) is 0. The first kappa shape index (κ1) is 12.2. The third-order valence-electron chi connectivity index (χ3n) is 3.80. The Bertz CT molecular complexity index is 399. The topological polar surface area (TPSA) is 24.4 Å². The van der Waals surface area contributed by atoms with E-state index in [1.54, 1.807) is 0 Å². The molecule has 0 aromatic rings. The van der Waals surface area contributed by atoms with Crippen LogP contribution in [0.15, 0.2) is 39.6 Å². The summed E-state index contributed by atoms with van der Waals surface area (Å²) in [4.78, 5) is 3.92. The second kappa shape index (κ2) is 5.35. The summed E-state index contributed by atoms with van der Waals surface area (Å²) < 4.78 is 0. The zero-order valence-electron chi connectivity index (χ0n) is 10.8. The average Bonchev–Trinajstić information content (AvgIpc) is 2.90. The Balaban J connectivity index is 2.34. The highest BCUT2D eigenvalue weighted by molar-refractivity contribution is 5.47. The van der Waals surface area contributed by atoms with Crippen molar-refractivity contribution in [1.82, 2.24) is 5.32 Å². The highest BCUT2D eigenvalue weighted by Crippen LogP contribution is 2.37. The Hall–Kier alpha value is -1.31. The van der Waals surface area contributed by atoms with Gasteiger partial charge >= 0.3 is 0 Å². The number of hydrogen-bond donors (Lipinski definition) is 1. The molecule has 0 atom stereocenters. The molecule has 1 fully saturated rings. The molecule has 0 heterocycles. The maximum absolute atomic E-state index is 4.19. The normalized spacial score (nSPS) is 23.2. The predicted molar refractivity (Wildman–Crippen MR) is 74.1 cm³/mol. The highest BCUT2D eigenvalue weighted by atomic mass is 15.0. The van der Waals surface area contributed by atoms with E-state index >= 15 is 0 Å². The van der Waals surface area contributed by atoms with Crippen molar-refractivity contribution in [3.63, 3.8) is 0 Å². The van der Waals surface area contributed by atoms with Gasteiger partial charge in [-0.3, -0.25) is 4.99 Å². The first-order valence-electron chi connectivity index (χ1n) is 6.50. The van der Waals surface area contributed by atoms with Gasteiger partial charge < -0.3 is 5.32 Å². The van der Waals surface area contributed by atoms with Gasteiger partial charge in [0.05, 0.1) is 0 Å². The first-order valence-corrected chi connectivity index (χ1v) is 6.50. The van der Waals surface area contributed by atoms with E-state index < -0.39 is 0 Å². The molecule has 0 aromatic heterocycles. The van der Waals surface area contributed by atoms with Crippen LogP contribution in [0, 0.1) is 0 Å². The Morgan fingerprint density at radius 3 is 2.53 bits per heavy atom. The van der Waals surface area contributed by atoms with Gasteiger partial charge in [0, 0.05) is 5.70 Å². The third kappa shape index (κ3) is 2.51. The van der Waals surface area contributed by atoms with Crippen molar-refractivity contribution in [3.05, 3.63) is 34.6 Å². The van der Waals surface area contributed by atoms with Gasteiger partial charge in [-0.2, -0.15) is 0 Å². The molecular formula is C15H22N2. The fraction of sp³-hybridized carbons (Fsp3) is 0.533. The van der Waals surface area contributed by atoms with Gasteiger partial charge in [0.15, 0.2) is 0 Å². The lowest BCUT2D eigenvalue weighted by Crippen LogP contribution is -2.17. The van der Waals surface area contributed by atoms with Gasteiger partial charge in [-0.05, 0) is 68.9 Å². The smallest absolute Gasteiger partial charge is 0.107 e. The molecule has 2 nitrogen and oxygen atoms in total. The van der Waals surface area contributed by atoms with Crippen LogP contribution in [0.3, 0.4) is 0 Å². The number of allylic oxidation sites excluding steroid dienone is 4. The van der Waals surface area contributed by atoms with E-state index in [0.29, 0.717) is 6.67 Å². The minimum absolute atomic E-state index is 0.600. The van der Waals surface area contributed by atoms with Crippen molar-refractivity contribution in [3.8, 4) is 0 Å². The molecular weight excluding hydrogens is 208 g/mol. The Morgan fingerprint density at radius 2 is 2.00 bits per heavy atom. The van der Waals surface area contributed by atoms with Crippen LogP contribution in [0.1, 0.15) is 45.4 Å². The molecule has 0 radical (unpaired) electrons. The molecule has 0 aliphatic heterocycles. The number of rotatable bonds is 4. The molecule has 2 aliphatic rings. The molecule has 2 rings (SSSR count). The van der Waals surface area contributed by atoms with Crippen molar-refractivity contribution in [2.75, 3.05) is 6.67 Å². The number of nitrogens with one attached hydrogen (secondary N) is 1. The lowest BCUT2D eigenvalue weighted by molar-refractivity contribution is 0.801. The van der Waals surface area contributed by atoms with Crippen molar-refractivity contribution in [2.24, 2.45) is 4.99 Å². The van der Waals surface area contributed by atoms with Crippen LogP contribution in [0.5, 0.6) is 0 Å². The molecule has 0 amide bonds. The second-order valence-corrected chi connectivity index (χ2v) is 4.98. The van der Waals surface area contributed by atoms with Gasteiger partial charge in [0.1, 0.15) is 6.67 Å². The summed E-state index contributed by atoms with van der Waals surface area (Å²) in [6, 6.07) is 0. The molecule has 0 bridgehead atoms. The fourth-order valence-corrected chi connectivity index (χ4v) is 2.87. The van der Waals surface area contributed by atoms with E-state index in [0.717, 1.165) is 12.8 Å². The van der Waals surface area contributed by atoms with Crippen molar-refractivity contribution in [2.45, 2.75) is 45.4 Å². The SMILES string of the molecule is C=NCN/C(C1=C(C)CCC1)=C1\CCCC1=C. The second-order valence-electron chi connectivity index (χ2n) is 4.98. The lowest BCUT2D eigenvalue weighted by atomic mass is 10.0. The molecule has 0 saturated heterocycles. The highest BCUT2D eigenvalue weighted by Gasteiger charge is 2.22. The largest absolute Gasteiger partial charge is 0.366 e. The zero-order chi connectivity index (χ0) is 12.3. The molecule has 92 valence electrons. The van der Waals surface area contributed by atoms with Gasteiger partial charge in [-0.15, -0.1) is 0 Å². The number of nitrogens with zero attached hydrogens (tertiary/aromatic N) is 1. The standard InChI is InChI=1S/C15H22N2/c1-11-6-4-8-13(11)15(17-10-16-3)14-9-5-7-12(14)2/h17H,1,3-10H2,2H3/b15-13+. The average molecular weight is 230 g/mol. The van der Waals surface area contributed by atoms with Crippen LogP contribution in [-0.4, -0.2) is 13.4 Å². The molecule has 2 heteroatoms. The van der Waals surface area contributed by atoms with E-state index in [1.807, 2.05) is 0 Å². The van der Waals surface area contributed by atoms with Crippen LogP contribution < -0.4 is 5.32 Å². The van der Waals surface area contributed by atoms with E-state index in [-0.39, 0.29) is 0 Å². The van der Waals surface area contributed by atoms with Crippen molar-refractivity contribution >= 4 is 6.72 Å². The Labute approximate surface area is 104 Å². The quantitative estimate of drug-likeness (QED) is 0.731. The van der Waals surface area contributed by atoms with E-state index in [9.17, 15) is 0 Å². The van der Waals surface area contributed by atoms with Crippen LogP contribution in [0.25, 0.3) is 0 Å². The number of hydrogen-bond acceptors (Lipinski definition) is 2. The fourth-order valence-electron chi connectivity index (χ4n) is 2.87. The third-order valence-corrected chi connectivity index (χ3v) is 3.80. The van der Waals surface area contributed by atoms with Crippen LogP contribution in [-0.2, 0) is 0 Å². The minimum Gasteiger partial charge on any atom is -0.366 e. The maximum Gasteiger partial charge on any atom is 0.107 e. The lowest BCUT2D eigenvalue weighted by Gasteiger charge is -2.16. The predicted octanol–water partition coefficient (Wildman–Crippen LogP) is 3.73. The maximum atomic E-state index is 4.19. The van der Waals surface area contributed by atoms with Crippen LogP contribution in [0.2, 0.25) is 0 Å². The van der Waals surface area contributed by atoms with Gasteiger partial charge in [-0.1, -0.05) is 12.2 Å². The molecule has 0 aromatic carbocycles. The van der Waals surface area contributed by atoms with Crippen LogP contribution in [0.4, 0.5) is 0 Å². The van der Waals surface area contributed by atoms with Gasteiger partial charge in [0.25, 0.3) is 0 Å². The van der Waals surface area contributed by atoms with Gasteiger partial charge in [-0.25, -0.2) is 0 Å². The summed E-state index contributed by atoms with van der Waals surface area (Å²) in [5.74, 6) is 0. The summed E-state index contributed by atoms with van der Waals surface area (Å²) in [5, 5.41) is 3.45. The summed E-state index contributed by atoms with van der Waals surface area (Å²) in [5.41, 5.74) is 7.10. The van der Waals surface area contributed by atoms with Crippen molar-refractivity contribution in [1.29, 1.82) is 0 Å².